The van der Waals surface area contributed by atoms with Crippen LogP contribution in [0, 0.1) is 5.92 Å². The Balaban J connectivity index is 2.55. The lowest BCUT2D eigenvalue weighted by molar-refractivity contribution is -0.142. The normalized spacial score (nSPS) is 13.6. The first-order chi connectivity index (χ1) is 26.7. The van der Waals surface area contributed by atoms with Crippen LogP contribution in [0.4, 0.5) is 4.79 Å². The minimum absolute atomic E-state index is 0.0208. The predicted octanol–water partition coefficient (Wildman–Crippen LogP) is 13.5. The zero-order valence-corrected chi connectivity index (χ0v) is 36.1. The Morgan fingerprint density at radius 1 is 0.618 bits per heavy atom. The molecule has 0 aliphatic carbocycles. The van der Waals surface area contributed by atoms with Gasteiger partial charge in [-0.05, 0) is 18.4 Å². The molecule has 0 aromatic heterocycles. The molecule has 2 N–H and O–H groups in total. The first-order valence-corrected chi connectivity index (χ1v) is 24.1. The van der Waals surface area contributed by atoms with Crippen LogP contribution in [0.1, 0.15) is 213 Å². The molecule has 55 heavy (non-hydrogen) atoms. The molecule has 1 aromatic carbocycles. The number of carbonyl (C=O) groups is 3. The fourth-order valence-corrected chi connectivity index (χ4v) is 7.83. The van der Waals surface area contributed by atoms with Gasteiger partial charge in [0.2, 0.25) is 0 Å². The van der Waals surface area contributed by atoms with Gasteiger partial charge < -0.3 is 9.84 Å². The van der Waals surface area contributed by atoms with Crippen molar-refractivity contribution < 1.29 is 37.9 Å². The van der Waals surface area contributed by atoms with Crippen LogP contribution in [-0.4, -0.2) is 35.2 Å². The van der Waals surface area contributed by atoms with Gasteiger partial charge in [-0.25, -0.2) is 4.79 Å². The Bertz CT molecular complexity index is 1130. The van der Waals surface area contributed by atoms with E-state index in [0.29, 0.717) is 12.8 Å². The molecule has 10 heteroatoms. The van der Waals surface area contributed by atoms with Crippen molar-refractivity contribution >= 4 is 25.3 Å². The molecule has 0 aliphatic heterocycles. The molecule has 0 aliphatic rings. The number of rotatable bonds is 39. The van der Waals surface area contributed by atoms with E-state index in [-0.39, 0.29) is 37.2 Å². The Kier molecular flexibility index (Phi) is 32.5. The molecule has 1 rings (SSSR count). The highest BCUT2D eigenvalue weighted by atomic mass is 31.2. The van der Waals surface area contributed by atoms with Crippen LogP contribution in [0.25, 0.3) is 0 Å². The van der Waals surface area contributed by atoms with E-state index in [1.807, 2.05) is 23.7 Å². The van der Waals surface area contributed by atoms with Gasteiger partial charge in [0.25, 0.3) is 0 Å². The third-order valence-electron chi connectivity index (χ3n) is 10.4. The highest BCUT2D eigenvalue weighted by molar-refractivity contribution is 7.53. The molecule has 0 radical (unpaired) electrons. The SMILES string of the molecule is CCCCCCCCCCCCCCCC(=O)CC(C(=O)CCCCCCCCCCCCCCC)C(O)OP(=O)(CC)ONC(=O)OCc1ccccc1. The van der Waals surface area contributed by atoms with Gasteiger partial charge in [-0.1, -0.05) is 205 Å². The number of hydrogen-bond acceptors (Lipinski definition) is 8. The number of aliphatic hydroxyl groups excluding tert-OH is 1. The molecule has 0 fully saturated rings. The largest absolute Gasteiger partial charge is 0.443 e. The first kappa shape index (κ1) is 51.0. The van der Waals surface area contributed by atoms with Crippen molar-refractivity contribution in [3.05, 3.63) is 35.9 Å². The van der Waals surface area contributed by atoms with E-state index in [1.165, 1.54) is 122 Å². The number of nitrogens with one attached hydrogen (secondary N) is 1. The van der Waals surface area contributed by atoms with Crippen molar-refractivity contribution in [3.63, 3.8) is 0 Å². The lowest BCUT2D eigenvalue weighted by Gasteiger charge is -2.25. The average molecular weight is 794 g/mol. The topological polar surface area (TPSA) is 128 Å². The molecule has 318 valence electrons. The van der Waals surface area contributed by atoms with Gasteiger partial charge in [0.15, 0.2) is 6.29 Å². The molecule has 0 heterocycles. The van der Waals surface area contributed by atoms with Crippen LogP contribution in [0.5, 0.6) is 0 Å². The summed E-state index contributed by atoms with van der Waals surface area (Å²) in [7, 11) is -4.08. The van der Waals surface area contributed by atoms with E-state index in [2.05, 4.69) is 13.8 Å². The maximum Gasteiger partial charge on any atom is 0.432 e. The monoisotopic (exact) mass is 794 g/mol. The second kappa shape index (κ2) is 35.1. The van der Waals surface area contributed by atoms with E-state index < -0.39 is 25.9 Å². The molecular weight excluding hydrogens is 713 g/mol. The Labute approximate surface area is 335 Å². The van der Waals surface area contributed by atoms with Crippen molar-refractivity contribution in [1.82, 2.24) is 5.48 Å². The quantitative estimate of drug-likeness (QED) is 0.0292. The summed E-state index contributed by atoms with van der Waals surface area (Å²) < 4.78 is 29.1. The van der Waals surface area contributed by atoms with E-state index in [1.54, 1.807) is 12.1 Å². The number of hydroxylamine groups is 1. The molecule has 0 saturated heterocycles. The summed E-state index contributed by atoms with van der Waals surface area (Å²) in [5, 5.41) is 11.1. The zero-order valence-electron chi connectivity index (χ0n) is 35.2. The third kappa shape index (κ3) is 28.9. The number of benzene rings is 1. The van der Waals surface area contributed by atoms with Crippen LogP contribution in [0.15, 0.2) is 30.3 Å². The number of unbranched alkanes of at least 4 members (excludes halogenated alkanes) is 24. The van der Waals surface area contributed by atoms with Crippen molar-refractivity contribution in [2.45, 2.75) is 220 Å². The fourth-order valence-electron chi connectivity index (χ4n) is 6.82. The van der Waals surface area contributed by atoms with Gasteiger partial charge in [-0.2, -0.15) is 10.1 Å². The number of amides is 1. The summed E-state index contributed by atoms with van der Waals surface area (Å²) in [6, 6.07) is 9.06. The van der Waals surface area contributed by atoms with Gasteiger partial charge in [-0.15, -0.1) is 0 Å². The van der Waals surface area contributed by atoms with Gasteiger partial charge >= 0.3 is 13.7 Å². The number of aliphatic hydroxyl groups is 1. The second-order valence-corrected chi connectivity index (χ2v) is 17.7. The van der Waals surface area contributed by atoms with Gasteiger partial charge in [0.05, 0.1) is 5.92 Å². The summed E-state index contributed by atoms with van der Waals surface area (Å²) >= 11 is 0. The molecule has 9 nitrogen and oxygen atoms in total. The minimum atomic E-state index is -4.08. The van der Waals surface area contributed by atoms with Crippen LogP contribution in [-0.2, 0) is 34.6 Å². The average Bonchev–Trinajstić information content (AvgIpc) is 3.19. The summed E-state index contributed by atoms with van der Waals surface area (Å²) in [4.78, 5) is 38.8. The highest BCUT2D eigenvalue weighted by Gasteiger charge is 2.36. The van der Waals surface area contributed by atoms with Gasteiger partial charge in [-0.3, -0.25) is 18.7 Å². The van der Waals surface area contributed by atoms with Gasteiger partial charge in [0, 0.05) is 25.4 Å². The number of ether oxygens (including phenoxy) is 1. The lowest BCUT2D eigenvalue weighted by Crippen LogP contribution is -2.33. The standard InChI is InChI=1S/C45H80NO8P/c1-4-7-9-11-13-15-17-19-21-23-25-27-32-36-41(47)38-42(43(48)37-33-28-26-24-22-20-18-16-14-12-10-8-5-2)44(49)53-55(51,6-3)54-46-45(50)52-39-40-34-30-29-31-35-40/h29-31,34-35,42,44,49H,4-28,32-33,36-39H2,1-3H3,(H,46,50). The van der Waals surface area contributed by atoms with E-state index in [9.17, 15) is 24.1 Å². The Morgan fingerprint density at radius 2 is 1.04 bits per heavy atom. The molecule has 1 aromatic rings. The molecule has 1 amide bonds. The zero-order chi connectivity index (χ0) is 40.2. The third-order valence-corrected chi connectivity index (χ3v) is 12.1. The van der Waals surface area contributed by atoms with Crippen LogP contribution >= 0.6 is 7.60 Å². The van der Waals surface area contributed by atoms with Crippen molar-refractivity contribution in [2.24, 2.45) is 5.92 Å². The van der Waals surface area contributed by atoms with Crippen LogP contribution < -0.4 is 5.48 Å². The van der Waals surface area contributed by atoms with Crippen molar-refractivity contribution in [2.75, 3.05) is 6.16 Å². The van der Waals surface area contributed by atoms with Crippen molar-refractivity contribution in [3.8, 4) is 0 Å². The number of ketones is 2. The van der Waals surface area contributed by atoms with E-state index in [4.69, 9.17) is 13.9 Å². The van der Waals surface area contributed by atoms with Crippen LogP contribution in [0.3, 0.4) is 0 Å². The van der Waals surface area contributed by atoms with Crippen molar-refractivity contribution in [1.29, 1.82) is 0 Å². The molecule has 0 saturated carbocycles. The smallest absolute Gasteiger partial charge is 0.432 e. The number of carbonyl (C=O) groups excluding carboxylic acids is 3. The highest BCUT2D eigenvalue weighted by Crippen LogP contribution is 2.48. The summed E-state index contributed by atoms with van der Waals surface area (Å²) in [5.74, 6) is -1.57. The summed E-state index contributed by atoms with van der Waals surface area (Å²) in [6.45, 7) is 5.99. The predicted molar refractivity (Wildman–Crippen MR) is 225 cm³/mol. The summed E-state index contributed by atoms with van der Waals surface area (Å²) in [5.41, 5.74) is 2.75. The molecule has 3 unspecified atom stereocenters. The van der Waals surface area contributed by atoms with E-state index in [0.717, 1.165) is 50.5 Å². The number of Topliss-reactive ketones (excluding diaryl/α,β-unsaturated/α-hetero) is 2. The Morgan fingerprint density at radius 3 is 1.47 bits per heavy atom. The van der Waals surface area contributed by atoms with E-state index >= 15 is 0 Å². The first-order valence-electron chi connectivity index (χ1n) is 22.4. The Hall–Kier alpha value is -2.06. The maximum absolute atomic E-state index is 13.5. The minimum Gasteiger partial charge on any atom is -0.443 e. The number of hydrogen-bond donors (Lipinski definition) is 2. The fraction of sp³-hybridized carbons (Fsp3) is 0.800. The maximum atomic E-state index is 13.5. The van der Waals surface area contributed by atoms with Crippen LogP contribution in [0.2, 0.25) is 0 Å². The summed E-state index contributed by atoms with van der Waals surface area (Å²) in [6.07, 6.45) is 28.5. The molecular formula is C45H80NO8P. The molecule has 3 atom stereocenters. The molecule has 0 spiro atoms. The van der Waals surface area contributed by atoms with Gasteiger partial charge in [0.1, 0.15) is 18.2 Å². The lowest BCUT2D eigenvalue weighted by atomic mass is 9.91. The molecule has 0 bridgehead atoms. The second-order valence-electron chi connectivity index (χ2n) is 15.5.